The summed E-state index contributed by atoms with van der Waals surface area (Å²) in [7, 11) is 8.59. The van der Waals surface area contributed by atoms with Crippen LogP contribution >= 0.6 is 18.6 Å². The molecule has 0 atom stereocenters. The topological polar surface area (TPSA) is 58.2 Å². The van der Waals surface area contributed by atoms with Gasteiger partial charge in [0.2, 0.25) is 0 Å². The first-order chi connectivity index (χ1) is 10.9. The molecule has 1 heterocycles. The summed E-state index contributed by atoms with van der Waals surface area (Å²) in [6.07, 6.45) is 0.997. The second-order valence-electron chi connectivity index (χ2n) is 6.75. The fraction of sp³-hybridized carbons (Fsp3) is 0.833. The standard InChI is InChI=1S/2C3H7NO.2C3H7.2ClH.6Ti/c2*1-2-3(4)5;2*1-3-2;;;;;;;;/h2*2H2,1H3,(H2,4,5);2*3H,1-2H3;2*1H;;;;;;/q;;;;;;;;;;+1;+3/p-4. The van der Waals surface area contributed by atoms with Gasteiger partial charge >= 0.3 is 178 Å². The molecule has 24 heavy (non-hydrogen) atoms. The predicted molar refractivity (Wildman–Crippen MR) is 78.8 cm³/mol. The molecule has 0 aliphatic carbocycles. The molecule has 1 aliphatic heterocycles. The number of carbonyl (C=O) groups excluding carboxylic acids is 2. The van der Waals surface area contributed by atoms with Crippen molar-refractivity contribution in [3.8, 4) is 0 Å². The molecule has 134 valence electrons. The van der Waals surface area contributed by atoms with Crippen LogP contribution in [0.1, 0.15) is 54.4 Å². The van der Waals surface area contributed by atoms with Gasteiger partial charge in [-0.05, 0) is 0 Å². The number of halogens is 2. The molecule has 2 N–H and O–H groups in total. The summed E-state index contributed by atoms with van der Waals surface area (Å²) < 4.78 is 8.14. The van der Waals surface area contributed by atoms with Crippen molar-refractivity contribution in [2.24, 2.45) is 0 Å². The van der Waals surface area contributed by atoms with Crippen LogP contribution in [0.3, 0.4) is 0 Å². The minimum absolute atomic E-state index is 0.0366. The van der Waals surface area contributed by atoms with Crippen LogP contribution < -0.4 is 7.60 Å². The van der Waals surface area contributed by atoms with Gasteiger partial charge in [-0.1, -0.05) is 0 Å². The Labute approximate surface area is 173 Å². The van der Waals surface area contributed by atoms with Gasteiger partial charge in [-0.2, -0.15) is 0 Å². The molecule has 0 spiro atoms. The molecule has 0 aromatic heterocycles. The van der Waals surface area contributed by atoms with Crippen molar-refractivity contribution in [2.45, 2.75) is 62.8 Å². The second kappa shape index (κ2) is 10.2. The Bertz CT molecular complexity index is 498. The Balaban J connectivity index is 3.29. The van der Waals surface area contributed by atoms with Crippen LogP contribution in [-0.2, 0) is 76.7 Å². The molecular weight excluding hydrogens is 562 g/mol. The Hall–Kier alpha value is 3.81. The van der Waals surface area contributed by atoms with Gasteiger partial charge < -0.3 is 0 Å². The van der Waals surface area contributed by atoms with E-state index in [1.807, 2.05) is 13.8 Å². The number of hydrogen-bond donors (Lipinski definition) is 2. The second-order valence-corrected chi connectivity index (χ2v) is 104. The normalized spacial score (nSPS) is 22.4. The molecule has 1 aliphatic rings. The van der Waals surface area contributed by atoms with E-state index in [1.54, 1.807) is 0 Å². The summed E-state index contributed by atoms with van der Waals surface area (Å²) >= 11 is -2.70. The van der Waals surface area contributed by atoms with Crippen molar-refractivity contribution < 1.29 is 76.7 Å². The van der Waals surface area contributed by atoms with Gasteiger partial charge in [0, 0.05) is 0 Å². The maximum atomic E-state index is 12.2. The van der Waals surface area contributed by atoms with E-state index in [-0.39, 0.29) is 24.6 Å². The van der Waals surface area contributed by atoms with Crippen LogP contribution in [0.25, 0.3) is 0 Å². The summed E-state index contributed by atoms with van der Waals surface area (Å²) in [4.78, 5) is 24.3. The van der Waals surface area contributed by atoms with E-state index < -0.39 is 54.4 Å². The predicted octanol–water partition coefficient (Wildman–Crippen LogP) is 4.05. The first-order valence-corrected chi connectivity index (χ1v) is 40.0. The molecule has 0 saturated carbocycles. The fourth-order valence-corrected chi connectivity index (χ4v) is 487. The van der Waals surface area contributed by atoms with Crippen LogP contribution in [0, 0.1) is 0 Å². The molecule has 0 bridgehead atoms. The van der Waals surface area contributed by atoms with E-state index in [4.69, 9.17) is 18.6 Å². The van der Waals surface area contributed by atoms with Crippen LogP contribution in [-0.4, -0.2) is 11.8 Å². The van der Waals surface area contributed by atoms with E-state index in [9.17, 15) is 9.59 Å². The molecule has 0 aromatic carbocycles. The Morgan fingerprint density at radius 2 is 1.58 bits per heavy atom. The maximum absolute atomic E-state index is 12.2. The van der Waals surface area contributed by atoms with Crippen LogP contribution in [0.5, 0.6) is 0 Å². The molecule has 0 aromatic rings. The molecule has 1 saturated heterocycles. The number of nitrogens with one attached hydrogen (secondary N) is 2. The van der Waals surface area contributed by atoms with Crippen molar-refractivity contribution in [2.75, 3.05) is 0 Å². The number of rotatable bonds is 6. The van der Waals surface area contributed by atoms with Gasteiger partial charge in [0.15, 0.2) is 0 Å². The zero-order chi connectivity index (χ0) is 18.8. The summed E-state index contributed by atoms with van der Waals surface area (Å²) in [5.74, 6) is 0.224. The zero-order valence-electron chi connectivity index (χ0n) is 15.1. The summed E-state index contributed by atoms with van der Waals surface area (Å²) in [5.41, 5.74) is 0. The van der Waals surface area contributed by atoms with Crippen LogP contribution in [0.4, 0.5) is 0 Å². The Morgan fingerprint density at radius 3 is 2.00 bits per heavy atom. The van der Waals surface area contributed by atoms with Gasteiger partial charge in [-0.15, -0.1) is 0 Å². The molecule has 0 unspecified atom stereocenters. The van der Waals surface area contributed by atoms with Gasteiger partial charge in [-0.3, -0.25) is 0 Å². The molecular formula is C12H26Cl2N2O2Ti6. The molecule has 12 heteroatoms. The van der Waals surface area contributed by atoms with E-state index in [1.165, 1.54) is 0 Å². The van der Waals surface area contributed by atoms with Crippen molar-refractivity contribution >= 4 is 30.4 Å². The van der Waals surface area contributed by atoms with Crippen LogP contribution in [0.15, 0.2) is 0 Å². The summed E-state index contributed by atoms with van der Waals surface area (Å²) in [6, 6.07) is 0. The summed E-state index contributed by atoms with van der Waals surface area (Å²) in [6.45, 7) is 13.3. The van der Waals surface area contributed by atoms with Crippen molar-refractivity contribution in [3.05, 3.63) is 0 Å². The zero-order valence-corrected chi connectivity index (χ0v) is 26.0. The fourth-order valence-electron chi connectivity index (χ4n) is 2.81. The summed E-state index contributed by atoms with van der Waals surface area (Å²) in [5, 5.41) is 0. The molecule has 1 rings (SSSR count). The van der Waals surface area contributed by atoms with E-state index in [0.717, 1.165) is 8.45 Å². The number of carbonyl (C=O) groups is 2. The van der Waals surface area contributed by atoms with E-state index in [0.29, 0.717) is 12.8 Å². The van der Waals surface area contributed by atoms with Gasteiger partial charge in [0.25, 0.3) is 0 Å². The Kier molecular flexibility index (Phi) is 11.0. The van der Waals surface area contributed by atoms with Gasteiger partial charge in [0.1, 0.15) is 0 Å². The van der Waals surface area contributed by atoms with Gasteiger partial charge in [0.05, 0.1) is 0 Å². The third-order valence-corrected chi connectivity index (χ3v) is 215. The van der Waals surface area contributed by atoms with Crippen molar-refractivity contribution in [1.82, 2.24) is 7.60 Å². The average molecular weight is 588 g/mol. The van der Waals surface area contributed by atoms with Gasteiger partial charge in [-0.25, -0.2) is 0 Å². The van der Waals surface area contributed by atoms with Crippen LogP contribution in [0.2, 0.25) is 8.45 Å². The Morgan fingerprint density at radius 1 is 1.08 bits per heavy atom. The molecule has 1 fully saturated rings. The molecule has 4 nitrogen and oxygen atoms in total. The number of hydrogen-bond acceptors (Lipinski definition) is 2. The minimum atomic E-state index is -3.85. The van der Waals surface area contributed by atoms with Crippen molar-refractivity contribution in [3.63, 3.8) is 0 Å². The average Bonchev–Trinajstić information content (AvgIpc) is 2.44. The SMILES string of the molecule is CCC(=O)[NH][Ti]1[Ti][Ti]([CH](C)C)([CH](C)C)[Ti][Ti]([Cl])([Cl])([NH]C(=O)CC)[Ti]1. The first-order valence-electron chi connectivity index (χ1n) is 8.29. The quantitative estimate of drug-likeness (QED) is 0.461. The monoisotopic (exact) mass is 588 g/mol. The van der Waals surface area contributed by atoms with E-state index >= 15 is 0 Å². The van der Waals surface area contributed by atoms with E-state index in [2.05, 4.69) is 35.3 Å². The van der Waals surface area contributed by atoms with Crippen molar-refractivity contribution in [1.29, 1.82) is 0 Å². The first kappa shape index (κ1) is 25.8. The third-order valence-electron chi connectivity index (χ3n) is 4.19. The number of amides is 2. The molecule has 2 amide bonds. The molecule has 0 radical (unpaired) electrons. The third kappa shape index (κ3) is 6.95.